The molecule has 9 heteroatoms. The number of sulfonamides is 1. The molecule has 0 heterocycles. The first-order valence-electron chi connectivity index (χ1n) is 7.13. The molecule has 0 saturated carbocycles. The Morgan fingerprint density at radius 1 is 1.17 bits per heavy atom. The van der Waals surface area contributed by atoms with E-state index in [9.17, 15) is 13.2 Å². The normalized spacial score (nSPS) is 11.1. The highest BCUT2D eigenvalue weighted by atomic mass is 32.2. The van der Waals surface area contributed by atoms with E-state index >= 15 is 0 Å². The third-order valence-electron chi connectivity index (χ3n) is 3.01. The van der Waals surface area contributed by atoms with Gasteiger partial charge in [-0.25, -0.2) is 13.1 Å². The fraction of sp³-hybridized carbons (Fsp3) is 0.500. The van der Waals surface area contributed by atoms with E-state index in [-0.39, 0.29) is 23.8 Å². The summed E-state index contributed by atoms with van der Waals surface area (Å²) in [5.74, 6) is 0.522. The summed E-state index contributed by atoms with van der Waals surface area (Å²) in [5.41, 5.74) is 5.32. The summed E-state index contributed by atoms with van der Waals surface area (Å²) >= 11 is 0. The van der Waals surface area contributed by atoms with Gasteiger partial charge in [0.1, 0.15) is 0 Å². The van der Waals surface area contributed by atoms with E-state index in [2.05, 4.69) is 10.0 Å². The second kappa shape index (κ2) is 9.33. The van der Waals surface area contributed by atoms with Crippen LogP contribution in [0, 0.1) is 0 Å². The molecule has 1 rings (SSSR count). The molecule has 0 aliphatic rings. The van der Waals surface area contributed by atoms with Crippen molar-refractivity contribution in [3.8, 4) is 11.5 Å². The van der Waals surface area contributed by atoms with Crippen molar-refractivity contribution in [2.24, 2.45) is 5.73 Å². The fourth-order valence-electron chi connectivity index (χ4n) is 1.78. The van der Waals surface area contributed by atoms with Crippen molar-refractivity contribution in [1.29, 1.82) is 0 Å². The van der Waals surface area contributed by atoms with Crippen LogP contribution in [0.25, 0.3) is 0 Å². The summed E-state index contributed by atoms with van der Waals surface area (Å²) < 4.78 is 36.9. The average molecular weight is 345 g/mol. The first-order chi connectivity index (χ1) is 10.9. The van der Waals surface area contributed by atoms with E-state index in [1.807, 2.05) is 0 Å². The highest BCUT2D eigenvalue weighted by Gasteiger charge is 2.17. The van der Waals surface area contributed by atoms with Crippen molar-refractivity contribution in [1.82, 2.24) is 10.0 Å². The molecule has 4 N–H and O–H groups in total. The Morgan fingerprint density at radius 2 is 1.87 bits per heavy atom. The largest absolute Gasteiger partial charge is 0.493 e. The smallest absolute Gasteiger partial charge is 0.240 e. The molecule has 0 aliphatic carbocycles. The third-order valence-corrected chi connectivity index (χ3v) is 4.47. The SMILES string of the molecule is COc1ccc(S(=O)(=O)NCCC(=O)NCCCN)cc1OC. The Bertz CT molecular complexity index is 619. The van der Waals surface area contributed by atoms with Gasteiger partial charge in [-0.1, -0.05) is 0 Å². The van der Waals surface area contributed by atoms with Crippen LogP contribution in [0.1, 0.15) is 12.8 Å². The van der Waals surface area contributed by atoms with Crippen molar-refractivity contribution in [2.45, 2.75) is 17.7 Å². The van der Waals surface area contributed by atoms with Crippen molar-refractivity contribution >= 4 is 15.9 Å². The topological polar surface area (TPSA) is 120 Å². The Morgan fingerprint density at radius 3 is 2.48 bits per heavy atom. The summed E-state index contributed by atoms with van der Waals surface area (Å²) in [5, 5.41) is 2.65. The number of benzene rings is 1. The number of hydrogen-bond acceptors (Lipinski definition) is 6. The van der Waals surface area contributed by atoms with Crippen LogP contribution >= 0.6 is 0 Å². The summed E-state index contributed by atoms with van der Waals surface area (Å²) in [7, 11) is -0.834. The molecule has 0 bridgehead atoms. The maximum atomic E-state index is 12.2. The van der Waals surface area contributed by atoms with E-state index in [1.54, 1.807) is 0 Å². The first kappa shape index (κ1) is 19.2. The molecular formula is C14H23N3O5S. The van der Waals surface area contributed by atoms with Gasteiger partial charge in [-0.05, 0) is 25.1 Å². The van der Waals surface area contributed by atoms with Crippen molar-refractivity contribution < 1.29 is 22.7 Å². The quantitative estimate of drug-likeness (QED) is 0.507. The molecular weight excluding hydrogens is 322 g/mol. The second-order valence-electron chi connectivity index (χ2n) is 4.66. The van der Waals surface area contributed by atoms with Gasteiger partial charge in [0.05, 0.1) is 19.1 Å². The van der Waals surface area contributed by atoms with Gasteiger partial charge in [0, 0.05) is 25.6 Å². The van der Waals surface area contributed by atoms with E-state index in [4.69, 9.17) is 15.2 Å². The van der Waals surface area contributed by atoms with Gasteiger partial charge in [-0.3, -0.25) is 4.79 Å². The summed E-state index contributed by atoms with van der Waals surface area (Å²) in [4.78, 5) is 11.5. The highest BCUT2D eigenvalue weighted by molar-refractivity contribution is 7.89. The van der Waals surface area contributed by atoms with Crippen molar-refractivity contribution in [3.63, 3.8) is 0 Å². The molecule has 23 heavy (non-hydrogen) atoms. The Hall–Kier alpha value is -1.84. The number of carbonyl (C=O) groups is 1. The minimum absolute atomic E-state index is 0.00510. The standard InChI is InChI=1S/C14H23N3O5S/c1-21-12-5-4-11(10-13(12)22-2)23(19,20)17-9-6-14(18)16-8-3-7-15/h4-5,10,17H,3,6-9,15H2,1-2H3,(H,16,18). The molecule has 8 nitrogen and oxygen atoms in total. The minimum atomic E-state index is -3.72. The predicted octanol–water partition coefficient (Wildman–Crippen LogP) is -0.163. The second-order valence-corrected chi connectivity index (χ2v) is 6.42. The van der Waals surface area contributed by atoms with Crippen LogP contribution in [-0.2, 0) is 14.8 Å². The van der Waals surface area contributed by atoms with Crippen LogP contribution in [0.2, 0.25) is 0 Å². The number of methoxy groups -OCH3 is 2. The number of amides is 1. The summed E-state index contributed by atoms with van der Waals surface area (Å²) in [6, 6.07) is 4.28. The maximum absolute atomic E-state index is 12.2. The van der Waals surface area contributed by atoms with E-state index in [1.165, 1.54) is 32.4 Å². The Labute approximate surface area is 136 Å². The minimum Gasteiger partial charge on any atom is -0.493 e. The van der Waals surface area contributed by atoms with E-state index in [0.717, 1.165) is 0 Å². The lowest BCUT2D eigenvalue weighted by atomic mass is 10.3. The molecule has 0 saturated heterocycles. The molecule has 0 fully saturated rings. The molecule has 1 amide bonds. The van der Waals surface area contributed by atoms with Crippen LogP contribution in [0.5, 0.6) is 11.5 Å². The molecule has 0 aromatic heterocycles. The molecule has 1 aromatic rings. The molecule has 0 unspecified atom stereocenters. The molecule has 0 aliphatic heterocycles. The lowest BCUT2D eigenvalue weighted by Gasteiger charge is -2.11. The lowest BCUT2D eigenvalue weighted by Crippen LogP contribution is -2.31. The molecule has 1 aromatic carbocycles. The van der Waals surface area contributed by atoms with Crippen molar-refractivity contribution in [2.75, 3.05) is 33.9 Å². The van der Waals surface area contributed by atoms with Crippen LogP contribution in [0.15, 0.2) is 23.1 Å². The van der Waals surface area contributed by atoms with Crippen LogP contribution in [0.4, 0.5) is 0 Å². The van der Waals surface area contributed by atoms with Gasteiger partial charge >= 0.3 is 0 Å². The molecule has 130 valence electrons. The average Bonchev–Trinajstić information content (AvgIpc) is 2.54. The van der Waals surface area contributed by atoms with Gasteiger partial charge < -0.3 is 20.5 Å². The van der Waals surface area contributed by atoms with E-state index in [0.29, 0.717) is 31.0 Å². The monoisotopic (exact) mass is 345 g/mol. The molecule has 0 radical (unpaired) electrons. The van der Waals surface area contributed by atoms with Gasteiger partial charge in [0.25, 0.3) is 0 Å². The van der Waals surface area contributed by atoms with Gasteiger partial charge in [0.15, 0.2) is 11.5 Å². The zero-order chi connectivity index (χ0) is 17.3. The van der Waals surface area contributed by atoms with Crippen LogP contribution in [0.3, 0.4) is 0 Å². The number of nitrogens with two attached hydrogens (primary N) is 1. The van der Waals surface area contributed by atoms with Gasteiger partial charge in [-0.15, -0.1) is 0 Å². The van der Waals surface area contributed by atoms with Crippen LogP contribution < -0.4 is 25.2 Å². The lowest BCUT2D eigenvalue weighted by molar-refractivity contribution is -0.120. The fourth-order valence-corrected chi connectivity index (χ4v) is 2.83. The highest BCUT2D eigenvalue weighted by Crippen LogP contribution is 2.29. The summed E-state index contributed by atoms with van der Waals surface area (Å²) in [6.07, 6.45) is 0.736. The van der Waals surface area contributed by atoms with Gasteiger partial charge in [-0.2, -0.15) is 0 Å². The van der Waals surface area contributed by atoms with Gasteiger partial charge in [0.2, 0.25) is 15.9 Å². The van der Waals surface area contributed by atoms with E-state index < -0.39 is 10.0 Å². The Kier molecular flexibility index (Phi) is 7.79. The van der Waals surface area contributed by atoms with Crippen molar-refractivity contribution in [3.05, 3.63) is 18.2 Å². The number of ether oxygens (including phenoxy) is 2. The number of nitrogens with one attached hydrogen (secondary N) is 2. The number of carbonyl (C=O) groups excluding carboxylic acids is 1. The zero-order valence-corrected chi connectivity index (χ0v) is 14.1. The Balaban J connectivity index is 2.61. The maximum Gasteiger partial charge on any atom is 0.240 e. The summed E-state index contributed by atoms with van der Waals surface area (Å²) in [6.45, 7) is 0.981. The third kappa shape index (κ3) is 6.05. The predicted molar refractivity (Wildman–Crippen MR) is 86.0 cm³/mol. The first-order valence-corrected chi connectivity index (χ1v) is 8.61. The van der Waals surface area contributed by atoms with Crippen LogP contribution in [-0.4, -0.2) is 48.2 Å². The molecule has 0 spiro atoms. The number of hydrogen-bond donors (Lipinski definition) is 3. The number of rotatable bonds is 10. The zero-order valence-electron chi connectivity index (χ0n) is 13.3. The molecule has 0 atom stereocenters.